The zero-order chi connectivity index (χ0) is 14.7. The molecule has 110 valence electrons. The standard InChI is InChI=1S/C16H16BrFN2O/c17-13-4-3-9-19-16(13)20-10-7-12(8-11-20)21-15-6-2-1-5-14(15)18/h1-6,9,12H,7-8,10-11H2. The molecule has 0 aliphatic carbocycles. The third-order valence-electron chi connectivity index (χ3n) is 3.61. The second-order valence-electron chi connectivity index (χ2n) is 5.04. The number of halogens is 2. The third-order valence-corrected chi connectivity index (χ3v) is 4.23. The molecule has 1 saturated heterocycles. The first kappa shape index (κ1) is 14.3. The quantitative estimate of drug-likeness (QED) is 0.835. The highest BCUT2D eigenvalue weighted by Crippen LogP contribution is 2.27. The minimum Gasteiger partial charge on any atom is -0.487 e. The predicted octanol–water partition coefficient (Wildman–Crippen LogP) is 4.03. The van der Waals surface area contributed by atoms with E-state index < -0.39 is 0 Å². The maximum absolute atomic E-state index is 13.6. The molecule has 0 bridgehead atoms. The van der Waals surface area contributed by atoms with Crippen molar-refractivity contribution in [3.8, 4) is 5.75 Å². The average molecular weight is 351 g/mol. The smallest absolute Gasteiger partial charge is 0.165 e. The highest BCUT2D eigenvalue weighted by molar-refractivity contribution is 9.10. The molecule has 0 spiro atoms. The summed E-state index contributed by atoms with van der Waals surface area (Å²) in [6, 6.07) is 10.5. The molecule has 1 aliphatic rings. The van der Waals surface area contributed by atoms with E-state index in [9.17, 15) is 4.39 Å². The van der Waals surface area contributed by atoms with Gasteiger partial charge in [-0.25, -0.2) is 9.37 Å². The lowest BCUT2D eigenvalue weighted by Crippen LogP contribution is -2.39. The monoisotopic (exact) mass is 350 g/mol. The normalized spacial score (nSPS) is 16.0. The van der Waals surface area contributed by atoms with Crippen LogP contribution in [0.5, 0.6) is 5.75 Å². The summed E-state index contributed by atoms with van der Waals surface area (Å²) in [5.74, 6) is 1.00. The molecule has 1 aromatic heterocycles. The van der Waals surface area contributed by atoms with Gasteiger partial charge >= 0.3 is 0 Å². The van der Waals surface area contributed by atoms with Crippen molar-refractivity contribution in [3.63, 3.8) is 0 Å². The van der Waals surface area contributed by atoms with Gasteiger partial charge in [-0.2, -0.15) is 0 Å². The molecular formula is C16H16BrFN2O. The first-order valence-corrected chi connectivity index (χ1v) is 7.80. The van der Waals surface area contributed by atoms with Gasteiger partial charge in [0.2, 0.25) is 0 Å². The maximum atomic E-state index is 13.6. The Hall–Kier alpha value is -1.62. The highest BCUT2D eigenvalue weighted by Gasteiger charge is 2.23. The maximum Gasteiger partial charge on any atom is 0.165 e. The first-order chi connectivity index (χ1) is 10.2. The van der Waals surface area contributed by atoms with Crippen LogP contribution in [-0.2, 0) is 0 Å². The van der Waals surface area contributed by atoms with Crippen LogP contribution in [0.3, 0.4) is 0 Å². The molecular weight excluding hydrogens is 335 g/mol. The molecule has 2 heterocycles. The number of nitrogens with zero attached hydrogens (tertiary/aromatic N) is 2. The van der Waals surface area contributed by atoms with E-state index in [2.05, 4.69) is 25.8 Å². The van der Waals surface area contributed by atoms with Crippen molar-refractivity contribution in [1.82, 2.24) is 4.98 Å². The molecule has 0 radical (unpaired) electrons. The topological polar surface area (TPSA) is 25.4 Å². The molecule has 1 aliphatic heterocycles. The van der Waals surface area contributed by atoms with Crippen molar-refractivity contribution < 1.29 is 9.13 Å². The van der Waals surface area contributed by atoms with E-state index in [0.29, 0.717) is 5.75 Å². The van der Waals surface area contributed by atoms with E-state index in [0.717, 1.165) is 36.2 Å². The molecule has 0 atom stereocenters. The second-order valence-corrected chi connectivity index (χ2v) is 5.90. The summed E-state index contributed by atoms with van der Waals surface area (Å²) in [4.78, 5) is 6.63. The van der Waals surface area contributed by atoms with Gasteiger partial charge in [0.05, 0.1) is 4.47 Å². The van der Waals surface area contributed by atoms with Crippen LogP contribution in [-0.4, -0.2) is 24.2 Å². The van der Waals surface area contributed by atoms with Crippen LogP contribution < -0.4 is 9.64 Å². The predicted molar refractivity (Wildman–Crippen MR) is 84.2 cm³/mol. The Morgan fingerprint density at radius 2 is 1.90 bits per heavy atom. The number of aromatic nitrogens is 1. The molecule has 0 N–H and O–H groups in total. The largest absolute Gasteiger partial charge is 0.487 e. The van der Waals surface area contributed by atoms with Gasteiger partial charge < -0.3 is 9.64 Å². The summed E-state index contributed by atoms with van der Waals surface area (Å²) < 4.78 is 20.4. The molecule has 2 aromatic rings. The Kier molecular flexibility index (Phi) is 4.39. The molecule has 0 amide bonds. The first-order valence-electron chi connectivity index (χ1n) is 7.00. The summed E-state index contributed by atoms with van der Waals surface area (Å²) in [6.07, 6.45) is 3.57. The lowest BCUT2D eigenvalue weighted by Gasteiger charge is -2.33. The van der Waals surface area contributed by atoms with Crippen LogP contribution in [0.15, 0.2) is 47.1 Å². The molecule has 5 heteroatoms. The molecule has 3 nitrogen and oxygen atoms in total. The summed E-state index contributed by atoms with van der Waals surface area (Å²) in [6.45, 7) is 1.71. The third kappa shape index (κ3) is 3.35. The number of hydrogen-bond acceptors (Lipinski definition) is 3. The van der Waals surface area contributed by atoms with Crippen LogP contribution in [0.2, 0.25) is 0 Å². The number of piperidine rings is 1. The Morgan fingerprint density at radius 3 is 2.62 bits per heavy atom. The molecule has 0 unspecified atom stereocenters. The Balaban J connectivity index is 1.61. The fourth-order valence-corrected chi connectivity index (χ4v) is 3.02. The molecule has 21 heavy (non-hydrogen) atoms. The van der Waals surface area contributed by atoms with E-state index in [1.54, 1.807) is 24.4 Å². The van der Waals surface area contributed by atoms with Crippen LogP contribution in [0.25, 0.3) is 0 Å². The number of pyridine rings is 1. The number of hydrogen-bond donors (Lipinski definition) is 0. The SMILES string of the molecule is Fc1ccccc1OC1CCN(c2ncccc2Br)CC1. The van der Waals surface area contributed by atoms with Crippen molar-refractivity contribution in [2.75, 3.05) is 18.0 Å². The minimum absolute atomic E-state index is 0.0561. The van der Waals surface area contributed by atoms with Gasteiger partial charge in [-0.1, -0.05) is 12.1 Å². The molecule has 1 fully saturated rings. The fourth-order valence-electron chi connectivity index (χ4n) is 2.52. The summed E-state index contributed by atoms with van der Waals surface area (Å²) in [5, 5.41) is 0. The lowest BCUT2D eigenvalue weighted by molar-refractivity contribution is 0.163. The Morgan fingerprint density at radius 1 is 1.14 bits per heavy atom. The van der Waals surface area contributed by atoms with Gasteiger partial charge in [0.25, 0.3) is 0 Å². The zero-order valence-electron chi connectivity index (χ0n) is 11.5. The van der Waals surface area contributed by atoms with Crippen molar-refractivity contribution in [2.24, 2.45) is 0 Å². The highest BCUT2D eigenvalue weighted by atomic mass is 79.9. The summed E-state index contributed by atoms with van der Waals surface area (Å²) in [7, 11) is 0. The van der Waals surface area contributed by atoms with Crippen molar-refractivity contribution in [1.29, 1.82) is 0 Å². The Bertz CT molecular complexity index is 615. The van der Waals surface area contributed by atoms with Gasteiger partial charge in [-0.15, -0.1) is 0 Å². The van der Waals surface area contributed by atoms with Crippen LogP contribution in [0.4, 0.5) is 10.2 Å². The van der Waals surface area contributed by atoms with E-state index in [1.807, 2.05) is 12.1 Å². The zero-order valence-corrected chi connectivity index (χ0v) is 13.1. The number of rotatable bonds is 3. The van der Waals surface area contributed by atoms with Gasteiger partial charge in [0.15, 0.2) is 11.6 Å². The number of benzene rings is 1. The van der Waals surface area contributed by atoms with E-state index in [1.165, 1.54) is 6.07 Å². The lowest BCUT2D eigenvalue weighted by atomic mass is 10.1. The van der Waals surface area contributed by atoms with Crippen molar-refractivity contribution in [2.45, 2.75) is 18.9 Å². The average Bonchev–Trinajstić information content (AvgIpc) is 2.51. The molecule has 3 rings (SSSR count). The van der Waals surface area contributed by atoms with Crippen LogP contribution >= 0.6 is 15.9 Å². The molecule has 1 aromatic carbocycles. The van der Waals surface area contributed by atoms with E-state index in [-0.39, 0.29) is 11.9 Å². The second kappa shape index (κ2) is 6.43. The number of ether oxygens (including phenoxy) is 1. The summed E-state index contributed by atoms with van der Waals surface area (Å²) in [5.41, 5.74) is 0. The van der Waals surface area contributed by atoms with E-state index >= 15 is 0 Å². The van der Waals surface area contributed by atoms with Crippen molar-refractivity contribution in [3.05, 3.63) is 52.9 Å². The fraction of sp³-hybridized carbons (Fsp3) is 0.312. The van der Waals surface area contributed by atoms with Crippen LogP contribution in [0, 0.1) is 5.82 Å². The van der Waals surface area contributed by atoms with Gasteiger partial charge in [-0.05, 0) is 40.2 Å². The summed E-state index contributed by atoms with van der Waals surface area (Å²) >= 11 is 3.53. The Labute approximate surface area is 131 Å². The van der Waals surface area contributed by atoms with Gasteiger partial charge in [-0.3, -0.25) is 0 Å². The van der Waals surface area contributed by atoms with Gasteiger partial charge in [0.1, 0.15) is 11.9 Å². The van der Waals surface area contributed by atoms with E-state index in [4.69, 9.17) is 4.74 Å². The van der Waals surface area contributed by atoms with Crippen molar-refractivity contribution >= 4 is 21.7 Å². The number of anilines is 1. The number of para-hydroxylation sites is 1. The minimum atomic E-state index is -0.299. The van der Waals surface area contributed by atoms with Gasteiger partial charge in [0, 0.05) is 32.1 Å². The van der Waals surface area contributed by atoms with Crippen LogP contribution in [0.1, 0.15) is 12.8 Å². The molecule has 0 saturated carbocycles.